The van der Waals surface area contributed by atoms with Gasteiger partial charge in [0.25, 0.3) is 0 Å². The molecular formula is C13H24I2OP2S. The fraction of sp³-hybridized carbons (Fsp3) is 0.538. The maximum absolute atomic E-state index is 9.56. The maximum atomic E-state index is 9.56. The fourth-order valence-electron chi connectivity index (χ4n) is 2.52. The zero-order chi connectivity index (χ0) is 13.3. The lowest BCUT2D eigenvalue weighted by atomic mass is 10.4. The van der Waals surface area contributed by atoms with E-state index in [0.717, 1.165) is 0 Å². The molecule has 1 aromatic rings. The van der Waals surface area contributed by atoms with E-state index in [1.54, 1.807) is 23.1 Å². The minimum absolute atomic E-state index is 0. The second kappa shape index (κ2) is 8.97. The largest absolute Gasteiger partial charge is 1.00 e. The van der Waals surface area contributed by atoms with E-state index in [-0.39, 0.29) is 48.0 Å². The van der Waals surface area contributed by atoms with Gasteiger partial charge >= 0.3 is 0 Å². The van der Waals surface area contributed by atoms with Crippen molar-refractivity contribution in [1.29, 1.82) is 0 Å². The lowest BCUT2D eigenvalue weighted by molar-refractivity contribution is -0.00100. The molecule has 1 aliphatic heterocycles. The molecule has 1 aliphatic rings. The lowest BCUT2D eigenvalue weighted by Gasteiger charge is -2.10. The third kappa shape index (κ3) is 6.54. The Balaban J connectivity index is 0. The van der Waals surface area contributed by atoms with Gasteiger partial charge < -0.3 is 48.0 Å². The summed E-state index contributed by atoms with van der Waals surface area (Å²) >= 11 is 0. The Morgan fingerprint density at radius 3 is 1.42 bits per heavy atom. The molecule has 1 nitrogen and oxygen atoms in total. The van der Waals surface area contributed by atoms with Gasteiger partial charge in [0, 0.05) is 23.3 Å². The number of hydrogen-bond donors (Lipinski definition) is 0. The quantitative estimate of drug-likeness (QED) is 0.245. The summed E-state index contributed by atoms with van der Waals surface area (Å²) < 4.78 is 9.56. The van der Waals surface area contributed by atoms with Crippen LogP contribution >= 0.6 is 14.5 Å². The predicted octanol–water partition coefficient (Wildman–Crippen LogP) is -3.53. The van der Waals surface area contributed by atoms with Crippen molar-refractivity contribution in [3.05, 3.63) is 24.3 Å². The Morgan fingerprint density at radius 2 is 1.16 bits per heavy atom. The third-order valence-electron chi connectivity index (χ3n) is 2.89. The zero-order valence-electron chi connectivity index (χ0n) is 12.5. The minimum atomic E-state index is -0.755. The van der Waals surface area contributed by atoms with Crippen molar-refractivity contribution < 1.29 is 52.2 Å². The molecule has 0 saturated heterocycles. The maximum Gasteiger partial charge on any atom is 0.168 e. The Morgan fingerprint density at radius 1 is 0.895 bits per heavy atom. The average Bonchev–Trinajstić information content (AvgIpc) is 2.33. The van der Waals surface area contributed by atoms with Crippen LogP contribution in [0.3, 0.4) is 0 Å². The first-order chi connectivity index (χ1) is 7.67. The summed E-state index contributed by atoms with van der Waals surface area (Å²) in [6.07, 6.45) is 3.28. The van der Waals surface area contributed by atoms with Gasteiger partial charge in [-0.15, -0.1) is 0 Å². The highest BCUT2D eigenvalue weighted by Gasteiger charge is 2.54. The average molecular weight is 544 g/mol. The van der Waals surface area contributed by atoms with Gasteiger partial charge in [0.05, 0.1) is 41.2 Å². The van der Waals surface area contributed by atoms with Crippen molar-refractivity contribution >= 4 is 35.9 Å². The highest BCUT2D eigenvalue weighted by atomic mass is 127. The number of rotatable bonds is 0. The molecule has 6 heteroatoms. The summed E-state index contributed by atoms with van der Waals surface area (Å²) in [5.41, 5.74) is 0. The number of halogens is 2. The molecule has 0 bridgehead atoms. The van der Waals surface area contributed by atoms with Crippen molar-refractivity contribution in [2.24, 2.45) is 0 Å². The molecule has 0 atom stereocenters. The molecule has 0 aliphatic carbocycles. The van der Waals surface area contributed by atoms with Crippen molar-refractivity contribution in [1.82, 2.24) is 0 Å². The van der Waals surface area contributed by atoms with E-state index in [4.69, 9.17) is 0 Å². The van der Waals surface area contributed by atoms with Gasteiger partial charge in [-0.05, 0) is 12.1 Å². The molecule has 0 aromatic heterocycles. The van der Waals surface area contributed by atoms with Crippen LogP contribution in [0.25, 0.3) is 0 Å². The van der Waals surface area contributed by atoms with E-state index in [1.165, 1.54) is 5.90 Å². The second-order valence-corrected chi connectivity index (χ2v) is 16.1. The lowest BCUT2D eigenvalue weighted by Crippen LogP contribution is -3.00. The molecule has 0 fully saturated rings. The fourth-order valence-corrected chi connectivity index (χ4v) is 14.8. The van der Waals surface area contributed by atoms with E-state index in [2.05, 4.69) is 50.9 Å². The molecule has 0 amide bonds. The van der Waals surface area contributed by atoms with Gasteiger partial charge in [0.1, 0.15) is 10.6 Å². The predicted molar refractivity (Wildman–Crippen MR) is 88.1 cm³/mol. The van der Waals surface area contributed by atoms with E-state index in [0.29, 0.717) is 0 Å². The smallest absolute Gasteiger partial charge is 0.168 e. The summed E-state index contributed by atoms with van der Waals surface area (Å²) in [5, 5.41) is 3.40. The van der Waals surface area contributed by atoms with Crippen LogP contribution in [0.1, 0.15) is 0 Å². The van der Waals surface area contributed by atoms with Crippen molar-refractivity contribution in [2.45, 2.75) is 0 Å². The topological polar surface area (TPSA) is 17.1 Å². The van der Waals surface area contributed by atoms with Crippen LogP contribution in [-0.2, 0) is 10.8 Å². The first-order valence-corrected chi connectivity index (χ1v) is 13.4. The van der Waals surface area contributed by atoms with Crippen LogP contribution in [-0.4, -0.2) is 49.3 Å². The monoisotopic (exact) mass is 544 g/mol. The summed E-state index contributed by atoms with van der Waals surface area (Å²) in [7, 11) is -2.12. The van der Waals surface area contributed by atoms with Gasteiger partial charge in [0.15, 0.2) is 5.90 Å². The Hall–Kier alpha value is 1.69. The van der Waals surface area contributed by atoms with Crippen LogP contribution in [0, 0.1) is 0 Å². The van der Waals surface area contributed by atoms with E-state index in [1.807, 2.05) is 0 Å². The first kappa shape index (κ1) is 23.0. The second-order valence-electron chi connectivity index (χ2n) is 5.74. The Labute approximate surface area is 156 Å². The Kier molecular flexibility index (Phi) is 10.8. The van der Waals surface area contributed by atoms with Gasteiger partial charge in [-0.2, -0.15) is 0 Å². The first-order valence-electron chi connectivity index (χ1n) is 5.68. The summed E-state index contributed by atoms with van der Waals surface area (Å²) in [5.74, 6) is 1.49. The summed E-state index contributed by atoms with van der Waals surface area (Å²) in [4.78, 5) is 0. The van der Waals surface area contributed by atoms with Gasteiger partial charge in [-0.25, -0.2) is 0 Å². The molecule has 1 aromatic carbocycles. The van der Waals surface area contributed by atoms with E-state index >= 15 is 0 Å². The molecule has 0 saturated carbocycles. The van der Waals surface area contributed by atoms with Crippen LogP contribution in [0.5, 0.6) is 0 Å². The number of benzene rings is 1. The van der Waals surface area contributed by atoms with Crippen LogP contribution in [0.2, 0.25) is 0 Å². The zero-order valence-corrected chi connectivity index (χ0v) is 19.4. The van der Waals surface area contributed by atoms with Crippen LogP contribution in [0.4, 0.5) is 0 Å². The molecule has 19 heavy (non-hydrogen) atoms. The molecule has 0 N–H and O–H groups in total. The van der Waals surface area contributed by atoms with Crippen molar-refractivity contribution in [3.63, 3.8) is 0 Å². The molecule has 1 heterocycles. The standard InChI is InChI=1S/C11H18P2.C2H6OS.2HI/c1-12(2)9-13(3,4)11-8-6-5-7-10(11)12;1-4(2)3;;/h5-8H,9H2,1-4H3;1-2H3;2*1H/q+2;;;/p-2. The van der Waals surface area contributed by atoms with E-state index < -0.39 is 25.3 Å². The molecule has 2 rings (SSSR count). The molecule has 0 radical (unpaired) electrons. The molecule has 0 unspecified atom stereocenters. The van der Waals surface area contributed by atoms with Gasteiger partial charge in [-0.1, -0.05) is 12.1 Å². The summed E-state index contributed by atoms with van der Waals surface area (Å²) in [6.45, 7) is 9.95. The minimum Gasteiger partial charge on any atom is -1.00 e. The number of hydrogen-bond acceptors (Lipinski definition) is 1. The van der Waals surface area contributed by atoms with Crippen LogP contribution in [0.15, 0.2) is 24.3 Å². The molecule has 0 spiro atoms. The van der Waals surface area contributed by atoms with Crippen molar-refractivity contribution in [3.8, 4) is 0 Å². The van der Waals surface area contributed by atoms with Crippen molar-refractivity contribution in [2.75, 3.05) is 45.1 Å². The summed E-state index contributed by atoms with van der Waals surface area (Å²) in [6, 6.07) is 9.12. The van der Waals surface area contributed by atoms with E-state index in [9.17, 15) is 4.21 Å². The van der Waals surface area contributed by atoms with Gasteiger partial charge in [0.2, 0.25) is 0 Å². The normalized spacial score (nSPS) is 17.4. The highest BCUT2D eigenvalue weighted by Crippen LogP contribution is 2.71. The SMILES string of the molecule is CS(C)=O.C[P+]1(C)C[P+](C)(C)c2ccccc21.[I-].[I-]. The van der Waals surface area contributed by atoms with Gasteiger partial charge in [-0.3, -0.25) is 4.21 Å². The highest BCUT2D eigenvalue weighted by molar-refractivity contribution is 8.02. The number of fused-ring (bicyclic) bond motifs is 1. The molecule has 112 valence electrons. The van der Waals surface area contributed by atoms with Crippen LogP contribution < -0.4 is 58.6 Å². The Bertz CT molecular complexity index is 399. The molecular weight excluding hydrogens is 520 g/mol. The third-order valence-corrected chi connectivity index (χ3v) is 12.1.